The molecule has 0 aromatic heterocycles. The Morgan fingerprint density at radius 3 is 2.33 bits per heavy atom. The van der Waals surface area contributed by atoms with Gasteiger partial charge in [-0.1, -0.05) is 12.2 Å². The van der Waals surface area contributed by atoms with Crippen LogP contribution in [0, 0.1) is 11.8 Å². The number of ether oxygens (including phenoxy) is 1. The van der Waals surface area contributed by atoms with Crippen LogP contribution in [-0.2, 0) is 43.1 Å². The zero-order valence-electron chi connectivity index (χ0n) is 20.2. The van der Waals surface area contributed by atoms with Crippen molar-refractivity contribution in [3.8, 4) is 0 Å². The predicted molar refractivity (Wildman–Crippen MR) is 130 cm³/mol. The lowest BCUT2D eigenvalue weighted by Gasteiger charge is -2.36. The SMILES string of the molecule is NC(CC(=O)OC(=O)C1CC(=O)N(CC[N+]2(C3SC(=S)N(CC(=O)O)C3=O)CC(C(=O)O)CC2=O)C1)C(=O)O. The van der Waals surface area contributed by atoms with Crippen molar-refractivity contribution >= 4 is 75.9 Å². The lowest BCUT2D eigenvalue weighted by atomic mass is 10.1. The van der Waals surface area contributed by atoms with Crippen LogP contribution in [0.4, 0.5) is 0 Å². The van der Waals surface area contributed by atoms with E-state index in [2.05, 4.69) is 4.74 Å². The molecule has 0 saturated carbocycles. The summed E-state index contributed by atoms with van der Waals surface area (Å²) >= 11 is 5.91. The molecule has 0 aromatic rings. The van der Waals surface area contributed by atoms with Crippen LogP contribution in [-0.4, -0.2) is 126 Å². The van der Waals surface area contributed by atoms with Gasteiger partial charge in [-0.2, -0.15) is 0 Å². The number of aliphatic carboxylic acids is 3. The van der Waals surface area contributed by atoms with Crippen LogP contribution < -0.4 is 5.73 Å². The molecule has 3 saturated heterocycles. The zero-order chi connectivity index (χ0) is 29.2. The third-order valence-electron chi connectivity index (χ3n) is 6.70. The number of likely N-dealkylation sites (tertiary alicyclic amines) is 2. The van der Waals surface area contributed by atoms with Crippen LogP contribution in [0.2, 0.25) is 0 Å². The molecule has 3 aliphatic heterocycles. The number of amides is 3. The maximum atomic E-state index is 13.2. The molecule has 0 radical (unpaired) electrons. The molecule has 0 spiro atoms. The van der Waals surface area contributed by atoms with Gasteiger partial charge in [0.2, 0.25) is 11.3 Å². The van der Waals surface area contributed by atoms with Crippen molar-refractivity contribution in [1.82, 2.24) is 9.80 Å². The van der Waals surface area contributed by atoms with Crippen LogP contribution in [0.25, 0.3) is 0 Å². The van der Waals surface area contributed by atoms with E-state index in [0.29, 0.717) is 0 Å². The van der Waals surface area contributed by atoms with Gasteiger partial charge in [0.05, 0.1) is 25.3 Å². The minimum Gasteiger partial charge on any atom is -0.481 e. The number of rotatable bonds is 11. The Labute approximate surface area is 229 Å². The van der Waals surface area contributed by atoms with E-state index in [1.807, 2.05) is 0 Å². The Kier molecular flexibility index (Phi) is 9.04. The van der Waals surface area contributed by atoms with Crippen molar-refractivity contribution < 1.29 is 62.9 Å². The fourth-order valence-corrected chi connectivity index (χ4v) is 6.29. The predicted octanol–water partition coefficient (Wildman–Crippen LogP) is -2.57. The average Bonchev–Trinajstić information content (AvgIpc) is 3.47. The molecule has 5 atom stereocenters. The normalized spacial score (nSPS) is 27.7. The first kappa shape index (κ1) is 30.1. The quantitative estimate of drug-likeness (QED) is 0.0838. The molecule has 3 fully saturated rings. The van der Waals surface area contributed by atoms with Crippen molar-refractivity contribution in [2.75, 3.05) is 32.7 Å². The molecule has 18 heteroatoms. The Hall–Kier alpha value is -3.48. The Morgan fingerprint density at radius 2 is 1.77 bits per heavy atom. The molecule has 212 valence electrons. The topological polar surface area (TPSA) is 239 Å². The number of carbonyl (C=O) groups is 8. The summed E-state index contributed by atoms with van der Waals surface area (Å²) in [6, 6.07) is -1.57. The van der Waals surface area contributed by atoms with Crippen LogP contribution in [0.15, 0.2) is 0 Å². The number of thioether (sulfide) groups is 1. The minimum absolute atomic E-state index is 0.0798. The van der Waals surface area contributed by atoms with E-state index in [1.54, 1.807) is 0 Å². The molecule has 3 heterocycles. The first-order chi connectivity index (χ1) is 18.2. The molecule has 3 amide bonds. The summed E-state index contributed by atoms with van der Waals surface area (Å²) in [4.78, 5) is 98.7. The molecular weight excluding hydrogens is 564 g/mol. The van der Waals surface area contributed by atoms with Crippen LogP contribution in [0.5, 0.6) is 0 Å². The molecule has 3 rings (SSSR count). The largest absolute Gasteiger partial charge is 0.481 e. The third kappa shape index (κ3) is 6.40. The second-order valence-electron chi connectivity index (χ2n) is 9.31. The van der Waals surface area contributed by atoms with E-state index in [-0.39, 0.29) is 43.3 Å². The molecule has 0 aliphatic carbocycles. The number of nitrogens with two attached hydrogens (primary N) is 1. The average molecular weight is 590 g/mol. The Balaban J connectivity index is 1.73. The molecule has 5 N–H and O–H groups in total. The zero-order valence-corrected chi connectivity index (χ0v) is 21.9. The number of carboxylic acid groups (broad SMARTS) is 3. The van der Waals surface area contributed by atoms with Crippen molar-refractivity contribution in [1.29, 1.82) is 0 Å². The molecule has 3 aliphatic rings. The maximum Gasteiger partial charge on any atom is 0.323 e. The number of carboxylic acids is 3. The van der Waals surface area contributed by atoms with E-state index >= 15 is 0 Å². The van der Waals surface area contributed by atoms with E-state index < -0.39 is 88.3 Å². The lowest BCUT2D eigenvalue weighted by molar-refractivity contribution is -0.848. The number of nitrogens with zero attached hydrogens (tertiary/aromatic N) is 3. The van der Waals surface area contributed by atoms with E-state index in [1.165, 1.54) is 4.90 Å². The monoisotopic (exact) mass is 589 g/mol. The number of hydrogen-bond donors (Lipinski definition) is 4. The van der Waals surface area contributed by atoms with E-state index in [4.69, 9.17) is 28.2 Å². The first-order valence-electron chi connectivity index (χ1n) is 11.5. The van der Waals surface area contributed by atoms with Gasteiger partial charge >= 0.3 is 35.8 Å². The fourth-order valence-electron chi connectivity index (χ4n) is 4.65. The minimum atomic E-state index is -1.57. The molecule has 0 bridgehead atoms. The highest BCUT2D eigenvalue weighted by atomic mass is 32.2. The van der Waals surface area contributed by atoms with Gasteiger partial charge in [-0.05, 0) is 11.8 Å². The van der Waals surface area contributed by atoms with Crippen molar-refractivity contribution in [3.05, 3.63) is 0 Å². The number of esters is 2. The lowest BCUT2D eigenvalue weighted by Crippen LogP contribution is -2.61. The first-order valence-corrected chi connectivity index (χ1v) is 12.8. The van der Waals surface area contributed by atoms with E-state index in [9.17, 15) is 43.5 Å². The molecular formula is C21H25N4O12S2+. The van der Waals surface area contributed by atoms with Gasteiger partial charge in [0.25, 0.3) is 5.91 Å². The van der Waals surface area contributed by atoms with Crippen molar-refractivity contribution in [2.45, 2.75) is 30.7 Å². The maximum absolute atomic E-state index is 13.2. The Bertz CT molecular complexity index is 1160. The summed E-state index contributed by atoms with van der Waals surface area (Å²) < 4.78 is 3.86. The highest BCUT2D eigenvalue weighted by molar-refractivity contribution is 8.24. The number of quaternary nitrogens is 1. The second-order valence-corrected chi connectivity index (χ2v) is 11.0. The summed E-state index contributed by atoms with van der Waals surface area (Å²) in [5, 5.41) is 26.1. The van der Waals surface area contributed by atoms with Gasteiger partial charge in [-0.15, -0.1) is 0 Å². The molecule has 0 aromatic carbocycles. The van der Waals surface area contributed by atoms with Gasteiger partial charge in [0.1, 0.15) is 35.9 Å². The van der Waals surface area contributed by atoms with E-state index in [0.717, 1.165) is 16.7 Å². The van der Waals surface area contributed by atoms with Gasteiger partial charge in [0, 0.05) is 13.0 Å². The standard InChI is InChI=1S/C21H24N4O12S2/c22-11(19(34)35)5-15(30)37-20(36)9-3-12(26)23(6-9)1-2-25(8-10(18(32)33)4-13(25)27)17-16(31)24(7-14(28)29)21(38)39-17/h9-11,17H,1-8,22H2,(H2-,28,29,32,33,34,35)/p+1. The second kappa shape index (κ2) is 11.7. The highest BCUT2D eigenvalue weighted by Gasteiger charge is 2.60. The summed E-state index contributed by atoms with van der Waals surface area (Å²) in [6.45, 7) is -1.61. The third-order valence-corrected chi connectivity index (χ3v) is 8.46. The van der Waals surface area contributed by atoms with Gasteiger partial charge in [-0.3, -0.25) is 38.5 Å². The summed E-state index contributed by atoms with van der Waals surface area (Å²) in [6.07, 6.45) is -1.47. The van der Waals surface area contributed by atoms with Crippen molar-refractivity contribution in [2.24, 2.45) is 17.6 Å². The van der Waals surface area contributed by atoms with Crippen LogP contribution in [0.3, 0.4) is 0 Å². The number of hydrogen-bond acceptors (Lipinski definition) is 12. The molecule has 5 unspecified atom stereocenters. The highest BCUT2D eigenvalue weighted by Crippen LogP contribution is 2.40. The fraction of sp³-hybridized carbons (Fsp3) is 0.571. The van der Waals surface area contributed by atoms with Gasteiger partial charge in [-0.25, -0.2) is 9.28 Å². The van der Waals surface area contributed by atoms with Crippen molar-refractivity contribution in [3.63, 3.8) is 0 Å². The number of thiocarbonyl (C=S) groups is 1. The molecule has 39 heavy (non-hydrogen) atoms. The van der Waals surface area contributed by atoms with Gasteiger partial charge < -0.3 is 30.7 Å². The summed E-state index contributed by atoms with van der Waals surface area (Å²) in [7, 11) is 0. The summed E-state index contributed by atoms with van der Waals surface area (Å²) in [5.41, 5.74) is 5.24. The van der Waals surface area contributed by atoms with Crippen LogP contribution in [0.1, 0.15) is 19.3 Å². The molecule has 16 nitrogen and oxygen atoms in total. The Morgan fingerprint density at radius 1 is 1.10 bits per heavy atom. The smallest absolute Gasteiger partial charge is 0.323 e. The number of carbonyl (C=O) groups excluding carboxylic acids is 5. The van der Waals surface area contributed by atoms with Crippen LogP contribution >= 0.6 is 24.0 Å². The summed E-state index contributed by atoms with van der Waals surface area (Å²) in [5.74, 6) is -10.4. The van der Waals surface area contributed by atoms with Gasteiger partial charge in [0.15, 0.2) is 0 Å².